The van der Waals surface area contributed by atoms with Crippen LogP contribution >= 0.6 is 0 Å². The third kappa shape index (κ3) is 3.56. The van der Waals surface area contributed by atoms with Gasteiger partial charge in [0.1, 0.15) is 0 Å². The third-order valence-electron chi connectivity index (χ3n) is 3.29. The van der Waals surface area contributed by atoms with Gasteiger partial charge in [0.15, 0.2) is 0 Å². The maximum Gasteiger partial charge on any atom is 0.0667 e. The van der Waals surface area contributed by atoms with Gasteiger partial charge in [0.05, 0.1) is 6.10 Å². The van der Waals surface area contributed by atoms with Crippen LogP contribution in [0.25, 0.3) is 0 Å². The monoisotopic (exact) mass is 201 g/mol. The first-order valence-corrected chi connectivity index (χ1v) is 5.62. The van der Waals surface area contributed by atoms with E-state index in [4.69, 9.17) is 9.84 Å². The Bertz CT molecular complexity index is 152. The molecule has 1 aliphatic carbocycles. The van der Waals surface area contributed by atoms with Gasteiger partial charge in [-0.1, -0.05) is 6.42 Å². The van der Waals surface area contributed by atoms with E-state index in [-0.39, 0.29) is 6.10 Å². The van der Waals surface area contributed by atoms with E-state index < -0.39 is 0 Å². The lowest BCUT2D eigenvalue weighted by Gasteiger charge is -2.19. The van der Waals surface area contributed by atoms with E-state index in [9.17, 15) is 0 Å². The Morgan fingerprint density at radius 3 is 2.79 bits per heavy atom. The van der Waals surface area contributed by atoms with Crippen LogP contribution in [-0.2, 0) is 4.74 Å². The van der Waals surface area contributed by atoms with Crippen molar-refractivity contribution in [1.82, 2.24) is 5.32 Å². The Morgan fingerprint density at radius 2 is 2.14 bits per heavy atom. The van der Waals surface area contributed by atoms with E-state index >= 15 is 0 Å². The average Bonchev–Trinajstić information content (AvgIpc) is 2.65. The summed E-state index contributed by atoms with van der Waals surface area (Å²) >= 11 is 0. The van der Waals surface area contributed by atoms with Crippen molar-refractivity contribution in [2.45, 2.75) is 32.3 Å². The Hall–Kier alpha value is -0.120. The maximum absolute atomic E-state index is 9.14. The number of rotatable bonds is 6. The number of hydrogen-bond acceptors (Lipinski definition) is 3. The SMILES string of the molecule is COC(C)CNCC1CCCC1CO. The second-order valence-corrected chi connectivity index (χ2v) is 4.34. The maximum atomic E-state index is 9.14. The summed E-state index contributed by atoms with van der Waals surface area (Å²) < 4.78 is 5.16. The van der Waals surface area contributed by atoms with E-state index in [1.165, 1.54) is 19.3 Å². The highest BCUT2D eigenvalue weighted by Gasteiger charge is 2.25. The van der Waals surface area contributed by atoms with Gasteiger partial charge in [-0.25, -0.2) is 0 Å². The highest BCUT2D eigenvalue weighted by molar-refractivity contribution is 4.78. The number of ether oxygens (including phenoxy) is 1. The minimum absolute atomic E-state index is 0.281. The molecule has 0 heterocycles. The van der Waals surface area contributed by atoms with Crippen molar-refractivity contribution >= 4 is 0 Å². The number of aliphatic hydroxyl groups excluding tert-OH is 1. The first kappa shape index (κ1) is 12.0. The predicted octanol–water partition coefficient (Wildman–Crippen LogP) is 1.02. The number of methoxy groups -OCH3 is 1. The quantitative estimate of drug-likeness (QED) is 0.674. The van der Waals surface area contributed by atoms with E-state index in [1.807, 2.05) is 0 Å². The summed E-state index contributed by atoms with van der Waals surface area (Å²) in [7, 11) is 1.73. The molecule has 0 radical (unpaired) electrons. The largest absolute Gasteiger partial charge is 0.396 e. The van der Waals surface area contributed by atoms with Crippen molar-refractivity contribution in [1.29, 1.82) is 0 Å². The van der Waals surface area contributed by atoms with E-state index in [0.29, 0.717) is 18.4 Å². The number of aliphatic hydroxyl groups is 1. The van der Waals surface area contributed by atoms with Gasteiger partial charge >= 0.3 is 0 Å². The van der Waals surface area contributed by atoms with Crippen LogP contribution < -0.4 is 5.32 Å². The molecule has 0 aliphatic heterocycles. The Kier molecular flexibility index (Phi) is 5.45. The molecule has 14 heavy (non-hydrogen) atoms. The molecule has 2 N–H and O–H groups in total. The van der Waals surface area contributed by atoms with Crippen LogP contribution in [0.5, 0.6) is 0 Å². The Balaban J connectivity index is 2.11. The van der Waals surface area contributed by atoms with Gasteiger partial charge in [0.2, 0.25) is 0 Å². The van der Waals surface area contributed by atoms with Gasteiger partial charge in [-0.2, -0.15) is 0 Å². The van der Waals surface area contributed by atoms with Crippen molar-refractivity contribution in [2.75, 3.05) is 26.8 Å². The highest BCUT2D eigenvalue weighted by Crippen LogP contribution is 2.30. The van der Waals surface area contributed by atoms with Crippen LogP contribution in [0.3, 0.4) is 0 Å². The van der Waals surface area contributed by atoms with Crippen LogP contribution in [-0.4, -0.2) is 38.0 Å². The van der Waals surface area contributed by atoms with Crippen molar-refractivity contribution in [3.8, 4) is 0 Å². The van der Waals surface area contributed by atoms with Gasteiger partial charge in [-0.3, -0.25) is 0 Å². The summed E-state index contributed by atoms with van der Waals surface area (Å²) in [6.07, 6.45) is 4.02. The minimum Gasteiger partial charge on any atom is -0.396 e. The second-order valence-electron chi connectivity index (χ2n) is 4.34. The molecule has 0 aromatic carbocycles. The molecular formula is C11H23NO2. The molecule has 0 saturated heterocycles. The fraction of sp³-hybridized carbons (Fsp3) is 1.00. The molecule has 0 spiro atoms. The zero-order chi connectivity index (χ0) is 10.4. The molecule has 1 rings (SSSR count). The lowest BCUT2D eigenvalue weighted by molar-refractivity contribution is 0.114. The molecule has 1 fully saturated rings. The van der Waals surface area contributed by atoms with Crippen LogP contribution in [0, 0.1) is 11.8 Å². The summed E-state index contributed by atoms with van der Waals surface area (Å²) in [5, 5.41) is 12.5. The molecule has 0 aromatic heterocycles. The molecule has 1 aliphatic rings. The summed E-state index contributed by atoms with van der Waals surface area (Å²) in [6, 6.07) is 0. The molecule has 0 amide bonds. The Morgan fingerprint density at radius 1 is 1.43 bits per heavy atom. The van der Waals surface area contributed by atoms with Crippen LogP contribution in [0.2, 0.25) is 0 Å². The molecule has 84 valence electrons. The molecule has 3 heteroatoms. The topological polar surface area (TPSA) is 41.5 Å². The van der Waals surface area contributed by atoms with Gasteiger partial charge in [-0.15, -0.1) is 0 Å². The third-order valence-corrected chi connectivity index (χ3v) is 3.29. The zero-order valence-electron chi connectivity index (χ0n) is 9.33. The number of nitrogens with one attached hydrogen (secondary N) is 1. The van der Waals surface area contributed by atoms with E-state index in [1.54, 1.807) is 7.11 Å². The van der Waals surface area contributed by atoms with Crippen molar-refractivity contribution in [3.05, 3.63) is 0 Å². The second kappa shape index (κ2) is 6.38. The average molecular weight is 201 g/mol. The summed E-state index contributed by atoms with van der Waals surface area (Å²) in [5.74, 6) is 1.20. The fourth-order valence-electron chi connectivity index (χ4n) is 2.18. The standard InChI is InChI=1S/C11H23NO2/c1-9(14-2)6-12-7-10-4-3-5-11(10)8-13/h9-13H,3-8H2,1-2H3. The molecule has 0 bridgehead atoms. The lowest BCUT2D eigenvalue weighted by Crippen LogP contribution is -2.32. The lowest BCUT2D eigenvalue weighted by atomic mass is 9.97. The Labute approximate surface area is 86.8 Å². The highest BCUT2D eigenvalue weighted by atomic mass is 16.5. The molecule has 0 aromatic rings. The smallest absolute Gasteiger partial charge is 0.0667 e. The summed E-state index contributed by atoms with van der Waals surface area (Å²) in [6.45, 7) is 4.35. The predicted molar refractivity (Wildman–Crippen MR) is 57.3 cm³/mol. The minimum atomic E-state index is 0.281. The molecule has 3 nitrogen and oxygen atoms in total. The van der Waals surface area contributed by atoms with Crippen molar-refractivity contribution in [3.63, 3.8) is 0 Å². The first-order chi connectivity index (χ1) is 6.77. The van der Waals surface area contributed by atoms with Gasteiger partial charge in [0, 0.05) is 20.3 Å². The van der Waals surface area contributed by atoms with Gasteiger partial charge < -0.3 is 15.2 Å². The van der Waals surface area contributed by atoms with Gasteiger partial charge in [0.25, 0.3) is 0 Å². The first-order valence-electron chi connectivity index (χ1n) is 5.62. The summed E-state index contributed by atoms with van der Waals surface area (Å²) in [5.41, 5.74) is 0. The molecule has 3 atom stereocenters. The van der Waals surface area contributed by atoms with Crippen LogP contribution in [0.4, 0.5) is 0 Å². The summed E-state index contributed by atoms with van der Waals surface area (Å²) in [4.78, 5) is 0. The molecule has 3 unspecified atom stereocenters. The normalized spacial score (nSPS) is 29.4. The van der Waals surface area contributed by atoms with Crippen molar-refractivity contribution in [2.24, 2.45) is 11.8 Å². The number of hydrogen-bond donors (Lipinski definition) is 2. The van der Waals surface area contributed by atoms with E-state index in [0.717, 1.165) is 13.1 Å². The molecular weight excluding hydrogens is 178 g/mol. The fourth-order valence-corrected chi connectivity index (χ4v) is 2.18. The van der Waals surface area contributed by atoms with Crippen LogP contribution in [0.1, 0.15) is 26.2 Å². The van der Waals surface area contributed by atoms with Crippen molar-refractivity contribution < 1.29 is 9.84 Å². The van der Waals surface area contributed by atoms with E-state index in [2.05, 4.69) is 12.2 Å². The van der Waals surface area contributed by atoms with Crippen LogP contribution in [0.15, 0.2) is 0 Å². The van der Waals surface area contributed by atoms with Gasteiger partial charge in [-0.05, 0) is 38.1 Å². The zero-order valence-corrected chi connectivity index (χ0v) is 9.33. The molecule has 1 saturated carbocycles.